The van der Waals surface area contributed by atoms with E-state index in [0.29, 0.717) is 17.1 Å². The van der Waals surface area contributed by atoms with E-state index in [9.17, 15) is 19.2 Å². The molecule has 5 nitrogen and oxygen atoms in total. The van der Waals surface area contributed by atoms with Gasteiger partial charge >= 0.3 is 0 Å². The minimum absolute atomic E-state index is 0.106. The maximum atomic E-state index is 13.2. The molecule has 7 heteroatoms. The molecule has 0 aliphatic carbocycles. The summed E-state index contributed by atoms with van der Waals surface area (Å²) in [5, 5.41) is 11.8. The highest BCUT2D eigenvalue weighted by molar-refractivity contribution is 8.05. The molecule has 0 aromatic heterocycles. The van der Waals surface area contributed by atoms with Gasteiger partial charge in [0.2, 0.25) is 5.91 Å². The van der Waals surface area contributed by atoms with Crippen molar-refractivity contribution in [3.63, 3.8) is 0 Å². The first-order valence-corrected chi connectivity index (χ1v) is 9.51. The number of rotatable bonds is 4. The van der Waals surface area contributed by atoms with Crippen molar-refractivity contribution in [1.29, 1.82) is 5.26 Å². The molecule has 0 unspecified atom stereocenters. The lowest BCUT2D eigenvalue weighted by Gasteiger charge is -2.20. The van der Waals surface area contributed by atoms with Crippen LogP contribution < -0.4 is 10.2 Å². The van der Waals surface area contributed by atoms with Gasteiger partial charge in [-0.15, -0.1) is 0 Å². The zero-order valence-electron chi connectivity index (χ0n) is 15.4. The molecule has 1 aliphatic rings. The summed E-state index contributed by atoms with van der Waals surface area (Å²) in [7, 11) is 1.44. The van der Waals surface area contributed by atoms with E-state index in [-0.39, 0.29) is 17.3 Å². The molecule has 3 rings (SSSR count). The van der Waals surface area contributed by atoms with Crippen LogP contribution in [0.1, 0.15) is 11.1 Å². The number of carbonyl (C=O) groups is 2. The number of aryl methyl sites for hydroxylation is 1. The maximum absolute atomic E-state index is 13.2. The lowest BCUT2D eigenvalue weighted by atomic mass is 10.1. The third-order valence-electron chi connectivity index (χ3n) is 4.42. The Morgan fingerprint density at radius 2 is 1.93 bits per heavy atom. The summed E-state index contributed by atoms with van der Waals surface area (Å²) in [5.74, 6) is -1.10. The number of halogens is 1. The number of nitrogens with zero attached hydrogens (tertiary/aromatic N) is 2. The monoisotopic (exact) mass is 395 g/mol. The van der Waals surface area contributed by atoms with Gasteiger partial charge in [-0.05, 0) is 42.7 Å². The van der Waals surface area contributed by atoms with E-state index in [1.165, 1.54) is 35.8 Å². The van der Waals surface area contributed by atoms with Crippen molar-refractivity contribution < 1.29 is 14.0 Å². The Labute approximate surface area is 166 Å². The standard InChI is InChI=1S/C21H18FN3O2S/c1-13-5-3-4-6-17(13)25-20(27)18(11-14-7-9-15(22)10-8-14)28-21(25)16(12-23)19(26)24-2/h3-10,18H,11H2,1-2H3,(H,24,26)/b21-16-/t18-/m1/s1. The van der Waals surface area contributed by atoms with Crippen LogP contribution in [-0.4, -0.2) is 24.1 Å². The van der Waals surface area contributed by atoms with Gasteiger partial charge < -0.3 is 5.32 Å². The van der Waals surface area contributed by atoms with Crippen LogP contribution in [0.25, 0.3) is 0 Å². The lowest BCUT2D eigenvalue weighted by molar-refractivity contribution is -0.117. The normalized spacial score (nSPS) is 18.0. The minimum atomic E-state index is -0.543. The first kappa shape index (κ1) is 19.6. The van der Waals surface area contributed by atoms with Crippen LogP contribution in [0.4, 0.5) is 10.1 Å². The van der Waals surface area contributed by atoms with Gasteiger partial charge in [-0.2, -0.15) is 5.26 Å². The van der Waals surface area contributed by atoms with Gasteiger partial charge in [0.15, 0.2) is 0 Å². The molecule has 2 aromatic rings. The van der Waals surface area contributed by atoms with Gasteiger partial charge in [-0.1, -0.05) is 42.1 Å². The molecule has 0 spiro atoms. The summed E-state index contributed by atoms with van der Waals surface area (Å²) in [6, 6.07) is 15.2. The van der Waals surface area contributed by atoms with Crippen LogP contribution in [-0.2, 0) is 16.0 Å². The summed E-state index contributed by atoms with van der Waals surface area (Å²) >= 11 is 1.18. The van der Waals surface area contributed by atoms with Crippen molar-refractivity contribution in [2.75, 3.05) is 11.9 Å². The number of thioether (sulfide) groups is 1. The van der Waals surface area contributed by atoms with Gasteiger partial charge in [0.25, 0.3) is 5.91 Å². The van der Waals surface area contributed by atoms with Crippen molar-refractivity contribution in [3.05, 3.63) is 76.1 Å². The summed E-state index contributed by atoms with van der Waals surface area (Å²) in [6.07, 6.45) is 0.363. The van der Waals surface area contributed by atoms with Crippen molar-refractivity contribution in [2.45, 2.75) is 18.6 Å². The molecular formula is C21H18FN3O2S. The number of hydrogen-bond acceptors (Lipinski definition) is 4. The lowest BCUT2D eigenvalue weighted by Crippen LogP contribution is -2.31. The van der Waals surface area contributed by atoms with Gasteiger partial charge in [0.05, 0.1) is 10.9 Å². The van der Waals surface area contributed by atoms with Crippen molar-refractivity contribution in [3.8, 4) is 6.07 Å². The molecule has 1 fully saturated rings. The Bertz CT molecular complexity index is 995. The van der Waals surface area contributed by atoms with Crippen molar-refractivity contribution in [1.82, 2.24) is 5.32 Å². The van der Waals surface area contributed by atoms with Gasteiger partial charge in [-0.25, -0.2) is 4.39 Å². The van der Waals surface area contributed by atoms with E-state index in [0.717, 1.165) is 11.1 Å². The van der Waals surface area contributed by atoms with E-state index < -0.39 is 11.2 Å². The zero-order valence-corrected chi connectivity index (χ0v) is 16.2. The quantitative estimate of drug-likeness (QED) is 0.637. The molecule has 28 heavy (non-hydrogen) atoms. The number of benzene rings is 2. The number of anilines is 1. The number of amides is 2. The van der Waals surface area contributed by atoms with Crippen LogP contribution >= 0.6 is 11.8 Å². The molecule has 0 radical (unpaired) electrons. The molecule has 1 aliphatic heterocycles. The largest absolute Gasteiger partial charge is 0.354 e. The second-order valence-electron chi connectivity index (χ2n) is 6.27. The zero-order chi connectivity index (χ0) is 20.3. The van der Waals surface area contributed by atoms with Crippen LogP contribution in [0.3, 0.4) is 0 Å². The summed E-state index contributed by atoms with van der Waals surface area (Å²) in [6.45, 7) is 1.87. The summed E-state index contributed by atoms with van der Waals surface area (Å²) in [4.78, 5) is 26.9. The topological polar surface area (TPSA) is 73.2 Å². The van der Waals surface area contributed by atoms with E-state index >= 15 is 0 Å². The van der Waals surface area contributed by atoms with Crippen molar-refractivity contribution in [2.24, 2.45) is 0 Å². The maximum Gasteiger partial charge on any atom is 0.264 e. The second-order valence-corrected chi connectivity index (χ2v) is 7.46. The highest BCUT2D eigenvalue weighted by atomic mass is 32.2. The van der Waals surface area contributed by atoms with Crippen LogP contribution in [0, 0.1) is 24.1 Å². The minimum Gasteiger partial charge on any atom is -0.354 e. The van der Waals surface area contributed by atoms with E-state index in [4.69, 9.17) is 0 Å². The number of nitriles is 1. The molecule has 1 saturated heterocycles. The van der Waals surface area contributed by atoms with Gasteiger partial charge in [-0.3, -0.25) is 14.5 Å². The smallest absolute Gasteiger partial charge is 0.264 e. The Balaban J connectivity index is 2.06. The summed E-state index contributed by atoms with van der Waals surface area (Å²) < 4.78 is 13.2. The van der Waals surface area contributed by atoms with Crippen LogP contribution in [0.5, 0.6) is 0 Å². The summed E-state index contributed by atoms with van der Waals surface area (Å²) in [5.41, 5.74) is 2.18. The number of hydrogen-bond donors (Lipinski definition) is 1. The Morgan fingerprint density at radius 1 is 1.25 bits per heavy atom. The Kier molecular flexibility index (Phi) is 5.81. The average Bonchev–Trinajstić information content (AvgIpc) is 3.00. The second kappa shape index (κ2) is 8.28. The molecule has 1 atom stereocenters. The highest BCUT2D eigenvalue weighted by Crippen LogP contribution is 2.42. The fourth-order valence-electron chi connectivity index (χ4n) is 2.98. The van der Waals surface area contributed by atoms with Crippen LogP contribution in [0.15, 0.2) is 59.1 Å². The van der Waals surface area contributed by atoms with E-state index in [1.807, 2.05) is 25.1 Å². The van der Waals surface area contributed by atoms with E-state index in [1.54, 1.807) is 24.3 Å². The number of para-hydroxylation sites is 1. The van der Waals surface area contributed by atoms with Gasteiger partial charge in [0.1, 0.15) is 22.5 Å². The number of likely N-dealkylation sites (N-methyl/N-ethyl adjacent to an activating group) is 1. The first-order chi connectivity index (χ1) is 13.5. The molecule has 0 saturated carbocycles. The number of carbonyl (C=O) groups excluding carboxylic acids is 2. The fraction of sp³-hybridized carbons (Fsp3) is 0.190. The predicted molar refractivity (Wildman–Crippen MR) is 107 cm³/mol. The third-order valence-corrected chi connectivity index (χ3v) is 5.69. The SMILES string of the molecule is CNC(=O)/C(C#N)=C1\S[C@H](Cc2ccc(F)cc2)C(=O)N1c1ccccc1C. The molecular weight excluding hydrogens is 377 g/mol. The average molecular weight is 395 g/mol. The predicted octanol–water partition coefficient (Wildman–Crippen LogP) is 3.31. The Morgan fingerprint density at radius 3 is 2.54 bits per heavy atom. The fourth-order valence-corrected chi connectivity index (χ4v) is 4.28. The van der Waals surface area contributed by atoms with Gasteiger partial charge in [0, 0.05) is 7.05 Å². The van der Waals surface area contributed by atoms with Crippen LogP contribution in [0.2, 0.25) is 0 Å². The molecule has 1 heterocycles. The molecule has 0 bridgehead atoms. The Hall–Kier alpha value is -3.11. The molecule has 142 valence electrons. The molecule has 1 N–H and O–H groups in total. The van der Waals surface area contributed by atoms with E-state index in [2.05, 4.69) is 5.32 Å². The third kappa shape index (κ3) is 3.78. The molecule has 2 amide bonds. The first-order valence-electron chi connectivity index (χ1n) is 8.63. The molecule has 2 aromatic carbocycles. The highest BCUT2D eigenvalue weighted by Gasteiger charge is 2.41. The van der Waals surface area contributed by atoms with Crippen molar-refractivity contribution >= 4 is 29.3 Å². The number of nitrogens with one attached hydrogen (secondary N) is 1.